The van der Waals surface area contributed by atoms with E-state index in [-0.39, 0.29) is 82.0 Å². The zero-order valence-electron chi connectivity index (χ0n) is 56.9. The van der Waals surface area contributed by atoms with E-state index in [0.717, 1.165) is 43.4 Å². The molecule has 32 nitrogen and oxygen atoms in total. The van der Waals surface area contributed by atoms with Gasteiger partial charge in [0.2, 0.25) is 11.8 Å². The van der Waals surface area contributed by atoms with Crippen LogP contribution in [0.2, 0.25) is 0 Å². The number of phenols is 1. The molecule has 3 aromatic rings. The lowest BCUT2D eigenvalue weighted by Crippen LogP contribution is -2.64. The first-order valence-electron chi connectivity index (χ1n) is 33.8. The van der Waals surface area contributed by atoms with Crippen LogP contribution in [0, 0.1) is 13.8 Å². The highest BCUT2D eigenvalue weighted by Crippen LogP contribution is 2.39. The molecule has 0 spiro atoms. The summed E-state index contributed by atoms with van der Waals surface area (Å²) in [4.78, 5) is 57.9. The minimum absolute atomic E-state index is 0.0243. The lowest BCUT2D eigenvalue weighted by Gasteiger charge is -2.47. The first-order chi connectivity index (χ1) is 47.6. The van der Waals surface area contributed by atoms with Crippen LogP contribution in [0.15, 0.2) is 53.8 Å². The van der Waals surface area contributed by atoms with Gasteiger partial charge in [0.15, 0.2) is 0 Å². The van der Waals surface area contributed by atoms with Gasteiger partial charge in [0.1, 0.15) is 18.4 Å². The molecule has 5 rings (SSSR count). The van der Waals surface area contributed by atoms with Gasteiger partial charge in [-0.05, 0) is 67.5 Å². The van der Waals surface area contributed by atoms with Crippen LogP contribution >= 0.6 is 0 Å². The van der Waals surface area contributed by atoms with E-state index in [1.54, 1.807) is 24.9 Å². The lowest BCUT2D eigenvalue weighted by atomic mass is 9.82. The second-order valence-corrected chi connectivity index (χ2v) is 23.6. The summed E-state index contributed by atoms with van der Waals surface area (Å²) >= 11 is 0. The van der Waals surface area contributed by atoms with Gasteiger partial charge in [-0.3, -0.25) is 14.4 Å². The van der Waals surface area contributed by atoms with Crippen LogP contribution in [0.4, 0.5) is 0 Å². The zero-order valence-corrected chi connectivity index (χ0v) is 56.9. The van der Waals surface area contributed by atoms with Gasteiger partial charge in [0, 0.05) is 68.2 Å². The Kier molecular flexibility index (Phi) is 41.6. The van der Waals surface area contributed by atoms with Gasteiger partial charge in [-0.1, -0.05) is 59.9 Å². The van der Waals surface area contributed by atoms with Gasteiger partial charge < -0.3 is 107 Å². The fourth-order valence-electron chi connectivity index (χ4n) is 10.6. The maximum atomic E-state index is 13.7. The summed E-state index contributed by atoms with van der Waals surface area (Å²) in [5.74, 6) is -5.45. The normalized spacial score (nSPS) is 17.9. The van der Waals surface area contributed by atoms with Crippen molar-refractivity contribution in [2.24, 2.45) is 5.11 Å². The number of carbonyl (C=O) groups excluding carboxylic acids is 3. The molecular weight excluding hydrogens is 1290 g/mol. The Morgan fingerprint density at radius 2 is 1.19 bits per heavy atom. The number of hydrogen-bond donors (Lipinski definition) is 7. The van der Waals surface area contributed by atoms with Gasteiger partial charge in [0.05, 0.1) is 195 Å². The minimum atomic E-state index is -2.63. The van der Waals surface area contributed by atoms with Gasteiger partial charge in [0.25, 0.3) is 11.7 Å². The smallest absolute Gasteiger partial charge is 0.364 e. The molecule has 0 bridgehead atoms. The Morgan fingerprint density at radius 1 is 0.704 bits per heavy atom. The molecule has 2 aliphatic rings. The number of carboxylic acids is 1. The summed E-state index contributed by atoms with van der Waals surface area (Å²) in [6.45, 7) is 11.7. The molecule has 2 unspecified atom stereocenters. The average molecular weight is 1390 g/mol. The summed E-state index contributed by atoms with van der Waals surface area (Å²) in [5, 5.41) is 73.1. The molecule has 1 saturated carbocycles. The van der Waals surface area contributed by atoms with Crippen molar-refractivity contribution in [2.75, 3.05) is 191 Å². The first-order valence-corrected chi connectivity index (χ1v) is 33.8. The predicted octanol–water partition coefficient (Wildman–Crippen LogP) is 2.94. The van der Waals surface area contributed by atoms with E-state index in [4.69, 9.17) is 71.8 Å². The third-order valence-electron chi connectivity index (χ3n) is 15.7. The summed E-state index contributed by atoms with van der Waals surface area (Å²) in [5.41, 5.74) is 8.81. The number of nitrogens with one attached hydrogen (secondary N) is 2. The molecule has 5 atom stereocenters. The van der Waals surface area contributed by atoms with E-state index in [0.29, 0.717) is 156 Å². The maximum Gasteiger partial charge on any atom is 0.364 e. The quantitative estimate of drug-likeness (QED) is 0.0185. The molecule has 1 saturated heterocycles. The summed E-state index contributed by atoms with van der Waals surface area (Å²) in [7, 11) is 0. The molecule has 1 aromatic heterocycles. The summed E-state index contributed by atoms with van der Waals surface area (Å²) < 4.78 is 79.6. The van der Waals surface area contributed by atoms with Crippen molar-refractivity contribution < 1.29 is 111 Å². The van der Waals surface area contributed by atoms with Crippen LogP contribution in [0.1, 0.15) is 96.4 Å². The number of aliphatic hydroxyl groups excluding tert-OH is 2. The molecule has 2 aromatic carbocycles. The molecule has 1 aliphatic carbocycles. The molecule has 0 radical (unpaired) electrons. The molecule has 1 aliphatic heterocycles. The number of aliphatic carboxylic acids is 1. The molecule has 2 fully saturated rings. The highest BCUT2D eigenvalue weighted by Gasteiger charge is 2.57. The van der Waals surface area contributed by atoms with E-state index < -0.39 is 73.4 Å². The Hall–Kier alpha value is -6.11. The number of aromatic nitrogens is 3. The largest absolute Gasteiger partial charge is 0.507 e. The Morgan fingerprint density at radius 3 is 1.68 bits per heavy atom. The fourth-order valence-corrected chi connectivity index (χ4v) is 10.6. The number of azide groups is 1. The lowest BCUT2D eigenvalue weighted by molar-refractivity contribution is -0.318. The fraction of sp³-hybridized carbons (Fsp3) is 0.727. The van der Waals surface area contributed by atoms with Crippen molar-refractivity contribution in [2.45, 2.75) is 120 Å². The number of aliphatic hydroxyl groups is 3. The summed E-state index contributed by atoms with van der Waals surface area (Å²) in [6.07, 6.45) is 0.659. The van der Waals surface area contributed by atoms with Crippen molar-refractivity contribution in [3.05, 3.63) is 87.1 Å². The number of carboxylic acid groups (broad SMARTS) is 1. The van der Waals surface area contributed by atoms with Gasteiger partial charge in [-0.25, -0.2) is 9.48 Å². The second-order valence-electron chi connectivity index (χ2n) is 23.6. The molecule has 98 heavy (non-hydrogen) atoms. The van der Waals surface area contributed by atoms with Gasteiger partial charge in [-0.2, -0.15) is 0 Å². The van der Waals surface area contributed by atoms with Crippen LogP contribution < -0.4 is 10.6 Å². The van der Waals surface area contributed by atoms with E-state index in [1.165, 1.54) is 16.8 Å². The highest BCUT2D eigenvalue weighted by atomic mass is 16.7. The number of phenolic OH excluding ortho intramolecular Hbond substituents is 1. The molecular formula is C66H105N9O23. The van der Waals surface area contributed by atoms with Crippen molar-refractivity contribution in [3.63, 3.8) is 0 Å². The number of hydrogen-bond acceptors (Lipinski definition) is 25. The predicted molar refractivity (Wildman–Crippen MR) is 351 cm³/mol. The number of benzene rings is 2. The minimum Gasteiger partial charge on any atom is -0.507 e. The van der Waals surface area contributed by atoms with E-state index in [9.17, 15) is 44.7 Å². The number of carbonyl (C=O) groups is 4. The Balaban J connectivity index is 0.924. The topological polar surface area (TPSA) is 405 Å². The third kappa shape index (κ3) is 33.8. The van der Waals surface area contributed by atoms with Crippen molar-refractivity contribution in [3.8, 4) is 5.75 Å². The standard InChI is InChI=1S/C66H105N9O23/c1-51-42-55(43-52(2)61(51)79)63(81)68-45-57(76)62(80)58-44-65(84,50-69-59(77)48-75-47-56(71-73-75)54-12-7-4-8-13-54)49-66(98-58,64(82)83)97-17-9-16-74(46-53-10-5-3-6-11-53)60(78)14-18-85-20-22-87-24-26-89-28-30-91-32-34-93-36-38-95-40-41-96-39-37-94-35-33-92-31-29-90-27-25-88-23-21-86-19-15-70-72-67/h3,5-6,10-11,42-43,47,54,57-58,62,76,79-80,84H,4,7-9,12-41,44-46,48-50H2,1-2H3,(H,68,81)(H,69,77)(H,82,83)/t57-,58?,62-,65?,66-/m1/s1. The van der Waals surface area contributed by atoms with Crippen molar-refractivity contribution in [1.82, 2.24) is 30.5 Å². The monoisotopic (exact) mass is 1390 g/mol. The number of aromatic hydroxyl groups is 1. The molecule has 7 N–H and O–H groups in total. The van der Waals surface area contributed by atoms with Crippen LogP contribution in [-0.4, -0.2) is 290 Å². The average Bonchev–Trinajstić information content (AvgIpc) is 0.941. The highest BCUT2D eigenvalue weighted by molar-refractivity contribution is 5.95. The Bertz CT molecular complexity index is 2710. The van der Waals surface area contributed by atoms with Gasteiger partial charge >= 0.3 is 5.97 Å². The van der Waals surface area contributed by atoms with Crippen LogP contribution in [-0.2, 0) is 93.8 Å². The second kappa shape index (κ2) is 49.4. The molecule has 2 heterocycles. The number of rotatable bonds is 57. The zero-order chi connectivity index (χ0) is 70.3. The molecule has 3 amide bonds. The molecule has 552 valence electrons. The van der Waals surface area contributed by atoms with E-state index in [2.05, 4.69) is 31.0 Å². The van der Waals surface area contributed by atoms with Crippen molar-refractivity contribution in [1.29, 1.82) is 0 Å². The van der Waals surface area contributed by atoms with Gasteiger partial charge in [-0.15, -0.1) is 5.10 Å². The third-order valence-corrected chi connectivity index (χ3v) is 15.7. The molecule has 32 heteroatoms. The van der Waals surface area contributed by atoms with Crippen LogP contribution in [0.5, 0.6) is 5.75 Å². The van der Waals surface area contributed by atoms with E-state index >= 15 is 0 Å². The van der Waals surface area contributed by atoms with Crippen LogP contribution in [0.3, 0.4) is 0 Å². The Labute approximate surface area is 573 Å². The van der Waals surface area contributed by atoms with Crippen LogP contribution in [0.25, 0.3) is 10.4 Å². The number of amides is 3. The number of ether oxygens (including phenoxy) is 14. The van der Waals surface area contributed by atoms with E-state index in [1.807, 2.05) is 30.3 Å². The SMILES string of the molecule is Cc1cc(C(=O)NC[C@@H](O)[C@@H](O)C2CC(O)(CNC(=O)Cn3cc(C4CCCCC4)nn3)C[C@](OCCCN(Cc3ccccc3)C(=O)CCOCCOCCOCCOCCOCCOCCOCCOCCOCCOCCOCCOCCN=[N+]=[N-])(C(=O)O)O2)cc(C)c1O. The maximum absolute atomic E-state index is 13.7. The number of nitrogens with zero attached hydrogens (tertiary/aromatic N) is 7. The van der Waals surface area contributed by atoms with Crippen molar-refractivity contribution >= 4 is 23.7 Å². The first kappa shape index (κ1) is 82.6. The summed E-state index contributed by atoms with van der Waals surface area (Å²) in [6, 6.07) is 12.2. The number of aryl methyl sites for hydroxylation is 2.